The minimum atomic E-state index is -0.227. The Balaban J connectivity index is 0.000000169. The maximum atomic E-state index is 9.93. The van der Waals surface area contributed by atoms with E-state index in [-0.39, 0.29) is 5.97 Å². The SMILES string of the molecule is O=C1C=CCO1.c1ccc(-c2ccccc2)cc1. The molecule has 0 saturated heterocycles. The molecule has 0 fully saturated rings. The van der Waals surface area contributed by atoms with Gasteiger partial charge in [0.05, 0.1) is 0 Å². The molecular formula is C16H14O2. The number of rotatable bonds is 1. The number of hydrogen-bond donors (Lipinski definition) is 0. The van der Waals surface area contributed by atoms with Crippen molar-refractivity contribution >= 4 is 5.97 Å². The van der Waals surface area contributed by atoms with Gasteiger partial charge in [-0.3, -0.25) is 0 Å². The molecule has 2 aromatic carbocycles. The van der Waals surface area contributed by atoms with Crippen molar-refractivity contribution in [3.05, 3.63) is 72.8 Å². The monoisotopic (exact) mass is 238 g/mol. The molecule has 0 aromatic heterocycles. The zero-order valence-corrected chi connectivity index (χ0v) is 9.95. The molecule has 1 aliphatic heterocycles. The summed E-state index contributed by atoms with van der Waals surface area (Å²) in [5.74, 6) is -0.227. The van der Waals surface area contributed by atoms with Crippen LogP contribution in [0.5, 0.6) is 0 Å². The summed E-state index contributed by atoms with van der Waals surface area (Å²) in [7, 11) is 0. The molecule has 2 heteroatoms. The average Bonchev–Trinajstić information content (AvgIpc) is 2.93. The van der Waals surface area contributed by atoms with Gasteiger partial charge in [-0.1, -0.05) is 60.7 Å². The van der Waals surface area contributed by atoms with Crippen LogP contribution in [0.4, 0.5) is 0 Å². The second kappa shape index (κ2) is 6.40. The van der Waals surface area contributed by atoms with Crippen LogP contribution in [0.15, 0.2) is 72.8 Å². The maximum absolute atomic E-state index is 9.93. The minimum Gasteiger partial charge on any atom is -0.458 e. The molecular weight excluding hydrogens is 224 g/mol. The van der Waals surface area contributed by atoms with E-state index in [4.69, 9.17) is 0 Å². The molecule has 0 radical (unpaired) electrons. The van der Waals surface area contributed by atoms with Crippen molar-refractivity contribution in [1.29, 1.82) is 0 Å². The standard InChI is InChI=1S/C12H10.C4H4O2/c1-3-7-11(8-4-1)12-9-5-2-6-10-12;5-4-2-1-3-6-4/h1-10H;1-2H,3H2. The van der Waals surface area contributed by atoms with Crippen LogP contribution in [0.2, 0.25) is 0 Å². The molecule has 2 aromatic rings. The lowest BCUT2D eigenvalue weighted by Crippen LogP contribution is -1.89. The van der Waals surface area contributed by atoms with E-state index in [1.165, 1.54) is 17.2 Å². The fraction of sp³-hybridized carbons (Fsp3) is 0.0625. The minimum absolute atomic E-state index is 0.227. The van der Waals surface area contributed by atoms with Gasteiger partial charge in [-0.05, 0) is 17.2 Å². The van der Waals surface area contributed by atoms with E-state index in [2.05, 4.69) is 53.3 Å². The van der Waals surface area contributed by atoms with E-state index >= 15 is 0 Å². The van der Waals surface area contributed by atoms with Crippen molar-refractivity contribution in [3.8, 4) is 11.1 Å². The molecule has 1 heterocycles. The normalized spacial score (nSPS) is 12.6. The van der Waals surface area contributed by atoms with Gasteiger partial charge >= 0.3 is 5.97 Å². The van der Waals surface area contributed by atoms with Crippen LogP contribution in [-0.2, 0) is 9.53 Å². The molecule has 0 amide bonds. The summed E-state index contributed by atoms with van der Waals surface area (Å²) in [6.07, 6.45) is 3.10. The Labute approximate surface area is 107 Å². The quantitative estimate of drug-likeness (QED) is 0.711. The highest BCUT2D eigenvalue weighted by Crippen LogP contribution is 2.17. The number of hydrogen-bond acceptors (Lipinski definition) is 2. The van der Waals surface area contributed by atoms with Gasteiger partial charge in [0.2, 0.25) is 0 Å². The summed E-state index contributed by atoms with van der Waals surface area (Å²) >= 11 is 0. The summed E-state index contributed by atoms with van der Waals surface area (Å²) in [6.45, 7) is 0.457. The Kier molecular flexibility index (Phi) is 4.31. The second-order valence-corrected chi connectivity index (χ2v) is 3.76. The van der Waals surface area contributed by atoms with Gasteiger partial charge < -0.3 is 4.74 Å². The van der Waals surface area contributed by atoms with E-state index in [0.717, 1.165) is 0 Å². The lowest BCUT2D eigenvalue weighted by Gasteiger charge is -1.98. The third-order valence-electron chi connectivity index (χ3n) is 2.46. The first-order valence-electron chi connectivity index (χ1n) is 5.80. The van der Waals surface area contributed by atoms with Crippen LogP contribution >= 0.6 is 0 Å². The van der Waals surface area contributed by atoms with Crippen LogP contribution in [0.1, 0.15) is 0 Å². The Bertz CT molecular complexity index is 478. The summed E-state index contributed by atoms with van der Waals surface area (Å²) in [6, 6.07) is 20.8. The highest BCUT2D eigenvalue weighted by Gasteiger charge is 1.98. The van der Waals surface area contributed by atoms with E-state index < -0.39 is 0 Å². The first-order valence-corrected chi connectivity index (χ1v) is 5.80. The lowest BCUT2D eigenvalue weighted by atomic mass is 10.1. The molecule has 90 valence electrons. The molecule has 0 bridgehead atoms. The van der Waals surface area contributed by atoms with E-state index in [1.807, 2.05) is 12.1 Å². The molecule has 3 rings (SSSR count). The van der Waals surface area contributed by atoms with Crippen molar-refractivity contribution in [2.45, 2.75) is 0 Å². The zero-order valence-electron chi connectivity index (χ0n) is 9.95. The summed E-state index contributed by atoms with van der Waals surface area (Å²) < 4.78 is 4.40. The highest BCUT2D eigenvalue weighted by atomic mass is 16.5. The average molecular weight is 238 g/mol. The molecule has 2 nitrogen and oxygen atoms in total. The van der Waals surface area contributed by atoms with Crippen molar-refractivity contribution in [2.24, 2.45) is 0 Å². The summed E-state index contributed by atoms with van der Waals surface area (Å²) in [4.78, 5) is 9.93. The van der Waals surface area contributed by atoms with Gasteiger partial charge in [-0.2, -0.15) is 0 Å². The zero-order chi connectivity index (χ0) is 12.6. The van der Waals surface area contributed by atoms with Gasteiger partial charge in [0.1, 0.15) is 6.61 Å². The predicted molar refractivity (Wildman–Crippen MR) is 72.0 cm³/mol. The van der Waals surface area contributed by atoms with Gasteiger partial charge in [0.25, 0.3) is 0 Å². The molecule has 0 unspecified atom stereocenters. The lowest BCUT2D eigenvalue weighted by molar-refractivity contribution is -0.134. The van der Waals surface area contributed by atoms with Crippen LogP contribution in [0, 0.1) is 0 Å². The fourth-order valence-electron chi connectivity index (χ4n) is 1.58. The highest BCUT2D eigenvalue weighted by molar-refractivity contribution is 5.83. The van der Waals surface area contributed by atoms with Crippen molar-refractivity contribution in [1.82, 2.24) is 0 Å². The number of benzene rings is 2. The third-order valence-corrected chi connectivity index (χ3v) is 2.46. The van der Waals surface area contributed by atoms with Crippen LogP contribution in [-0.4, -0.2) is 12.6 Å². The number of ether oxygens (including phenoxy) is 1. The van der Waals surface area contributed by atoms with Crippen LogP contribution in [0.3, 0.4) is 0 Å². The number of carbonyl (C=O) groups is 1. The number of esters is 1. The Hall–Kier alpha value is -2.35. The van der Waals surface area contributed by atoms with E-state index in [1.54, 1.807) is 6.08 Å². The fourth-order valence-corrected chi connectivity index (χ4v) is 1.58. The third kappa shape index (κ3) is 3.59. The number of cyclic esters (lactones) is 1. The summed E-state index contributed by atoms with van der Waals surface area (Å²) in [5.41, 5.74) is 2.55. The molecule has 0 atom stereocenters. The molecule has 1 aliphatic rings. The van der Waals surface area contributed by atoms with E-state index in [0.29, 0.717) is 6.61 Å². The van der Waals surface area contributed by atoms with Crippen molar-refractivity contribution in [2.75, 3.05) is 6.61 Å². The Morgan fingerprint density at radius 2 is 1.28 bits per heavy atom. The van der Waals surface area contributed by atoms with Crippen molar-refractivity contribution in [3.63, 3.8) is 0 Å². The Morgan fingerprint density at radius 3 is 1.56 bits per heavy atom. The molecule has 0 aliphatic carbocycles. The largest absolute Gasteiger partial charge is 0.458 e. The summed E-state index contributed by atoms with van der Waals surface area (Å²) in [5, 5.41) is 0. The van der Waals surface area contributed by atoms with Gasteiger partial charge in [-0.15, -0.1) is 0 Å². The second-order valence-electron chi connectivity index (χ2n) is 3.76. The molecule has 0 saturated carbocycles. The Morgan fingerprint density at radius 1 is 0.778 bits per heavy atom. The molecule has 18 heavy (non-hydrogen) atoms. The van der Waals surface area contributed by atoms with Crippen molar-refractivity contribution < 1.29 is 9.53 Å². The first kappa shape index (κ1) is 12.1. The van der Waals surface area contributed by atoms with Gasteiger partial charge in [0, 0.05) is 6.08 Å². The van der Waals surface area contributed by atoms with Crippen LogP contribution < -0.4 is 0 Å². The van der Waals surface area contributed by atoms with Gasteiger partial charge in [0.15, 0.2) is 0 Å². The van der Waals surface area contributed by atoms with Crippen LogP contribution in [0.25, 0.3) is 11.1 Å². The smallest absolute Gasteiger partial charge is 0.330 e. The first-order chi connectivity index (χ1) is 8.86. The molecule has 0 spiro atoms. The van der Waals surface area contributed by atoms with E-state index in [9.17, 15) is 4.79 Å². The van der Waals surface area contributed by atoms with Gasteiger partial charge in [-0.25, -0.2) is 4.79 Å². The predicted octanol–water partition coefficient (Wildman–Crippen LogP) is 3.45. The topological polar surface area (TPSA) is 26.3 Å². The molecule has 0 N–H and O–H groups in total. The number of carbonyl (C=O) groups excluding carboxylic acids is 1. The maximum Gasteiger partial charge on any atom is 0.330 e.